The Labute approximate surface area is 120 Å². The van der Waals surface area contributed by atoms with Crippen LogP contribution in [0.2, 0.25) is 0 Å². The molecular formula is C14H25N3O3. The van der Waals surface area contributed by atoms with Crippen molar-refractivity contribution in [3.63, 3.8) is 0 Å². The summed E-state index contributed by atoms with van der Waals surface area (Å²) in [7, 11) is 4.12. The van der Waals surface area contributed by atoms with Gasteiger partial charge in [-0.2, -0.15) is 0 Å². The summed E-state index contributed by atoms with van der Waals surface area (Å²) in [6.45, 7) is 3.91. The third-order valence-electron chi connectivity index (χ3n) is 4.66. The number of aliphatic carboxylic acids is 1. The number of amides is 2. The van der Waals surface area contributed by atoms with E-state index in [1.165, 1.54) is 0 Å². The van der Waals surface area contributed by atoms with E-state index in [2.05, 4.69) is 19.0 Å². The standard InChI is InChI=1S/C14H25N3O3/c1-10-4-9-17(12(10)13(18)19)14(20)16-7-5-11(6-8-16)15(2)3/h10-12H,4-9H2,1-3H3,(H,18,19). The minimum absolute atomic E-state index is 0.0377. The number of rotatable bonds is 2. The first-order valence-corrected chi connectivity index (χ1v) is 7.36. The number of carbonyl (C=O) groups excluding carboxylic acids is 1. The van der Waals surface area contributed by atoms with Gasteiger partial charge in [0.1, 0.15) is 6.04 Å². The zero-order chi connectivity index (χ0) is 14.9. The van der Waals surface area contributed by atoms with E-state index in [0.29, 0.717) is 12.6 Å². The number of carboxylic acids is 1. The Morgan fingerprint density at radius 1 is 1.10 bits per heavy atom. The molecule has 0 saturated carbocycles. The molecule has 6 heteroatoms. The van der Waals surface area contributed by atoms with Crippen molar-refractivity contribution in [3.8, 4) is 0 Å². The Bertz CT molecular complexity index is 378. The average Bonchev–Trinajstić information content (AvgIpc) is 2.80. The maximum Gasteiger partial charge on any atom is 0.326 e. The molecule has 2 rings (SSSR count). The SMILES string of the molecule is CC1CCN(C(=O)N2CCC(N(C)C)CC2)C1C(=O)O. The largest absolute Gasteiger partial charge is 0.480 e. The quantitative estimate of drug-likeness (QED) is 0.819. The van der Waals surface area contributed by atoms with Crippen molar-refractivity contribution in [2.75, 3.05) is 33.7 Å². The van der Waals surface area contributed by atoms with Gasteiger partial charge in [-0.25, -0.2) is 9.59 Å². The second-order valence-corrected chi connectivity index (χ2v) is 6.21. The third-order valence-corrected chi connectivity index (χ3v) is 4.66. The predicted octanol–water partition coefficient (Wildman–Crippen LogP) is 0.927. The lowest BCUT2D eigenvalue weighted by molar-refractivity contribution is -0.142. The average molecular weight is 283 g/mol. The lowest BCUT2D eigenvalue weighted by Gasteiger charge is -2.38. The maximum atomic E-state index is 12.5. The van der Waals surface area contributed by atoms with E-state index in [1.54, 1.807) is 4.90 Å². The van der Waals surface area contributed by atoms with E-state index < -0.39 is 12.0 Å². The molecule has 6 nitrogen and oxygen atoms in total. The van der Waals surface area contributed by atoms with Crippen molar-refractivity contribution >= 4 is 12.0 Å². The van der Waals surface area contributed by atoms with E-state index in [1.807, 2.05) is 11.8 Å². The monoisotopic (exact) mass is 283 g/mol. The van der Waals surface area contributed by atoms with Crippen molar-refractivity contribution < 1.29 is 14.7 Å². The second kappa shape index (κ2) is 5.99. The zero-order valence-corrected chi connectivity index (χ0v) is 12.6. The van der Waals surface area contributed by atoms with Gasteiger partial charge < -0.3 is 19.8 Å². The highest BCUT2D eigenvalue weighted by molar-refractivity contribution is 5.83. The van der Waals surface area contributed by atoms with Crippen molar-refractivity contribution in [2.45, 2.75) is 38.3 Å². The number of carboxylic acid groups (broad SMARTS) is 1. The molecule has 0 spiro atoms. The third kappa shape index (κ3) is 2.90. The molecule has 0 aromatic rings. The van der Waals surface area contributed by atoms with Gasteiger partial charge in [-0.15, -0.1) is 0 Å². The molecule has 0 radical (unpaired) electrons. The van der Waals surface area contributed by atoms with Crippen LogP contribution < -0.4 is 0 Å². The Hall–Kier alpha value is -1.30. The zero-order valence-electron chi connectivity index (χ0n) is 12.6. The van der Waals surface area contributed by atoms with Crippen molar-refractivity contribution in [2.24, 2.45) is 5.92 Å². The van der Waals surface area contributed by atoms with Crippen LogP contribution in [0.15, 0.2) is 0 Å². The molecule has 2 amide bonds. The van der Waals surface area contributed by atoms with E-state index in [9.17, 15) is 14.7 Å². The van der Waals surface area contributed by atoms with E-state index in [-0.39, 0.29) is 11.9 Å². The summed E-state index contributed by atoms with van der Waals surface area (Å²) in [5.41, 5.74) is 0. The van der Waals surface area contributed by atoms with E-state index >= 15 is 0 Å². The first-order chi connectivity index (χ1) is 9.41. The number of hydrogen-bond donors (Lipinski definition) is 1. The summed E-state index contributed by atoms with van der Waals surface area (Å²) >= 11 is 0. The first-order valence-electron chi connectivity index (χ1n) is 7.36. The number of carbonyl (C=O) groups is 2. The minimum Gasteiger partial charge on any atom is -0.480 e. The van der Waals surface area contributed by atoms with Gasteiger partial charge in [-0.1, -0.05) is 6.92 Å². The van der Waals surface area contributed by atoms with Crippen LogP contribution in [0.1, 0.15) is 26.2 Å². The summed E-state index contributed by atoms with van der Waals surface area (Å²) < 4.78 is 0. The molecule has 1 N–H and O–H groups in total. The molecule has 2 fully saturated rings. The fourth-order valence-electron chi connectivity index (χ4n) is 3.29. The first kappa shape index (κ1) is 15.1. The van der Waals surface area contributed by atoms with Crippen LogP contribution in [0.25, 0.3) is 0 Å². The predicted molar refractivity (Wildman–Crippen MR) is 75.6 cm³/mol. The highest BCUT2D eigenvalue weighted by Crippen LogP contribution is 2.26. The van der Waals surface area contributed by atoms with Crippen LogP contribution in [0.3, 0.4) is 0 Å². The van der Waals surface area contributed by atoms with Crippen LogP contribution in [0, 0.1) is 5.92 Å². The molecule has 2 atom stereocenters. The Morgan fingerprint density at radius 3 is 2.20 bits per heavy atom. The summed E-state index contributed by atoms with van der Waals surface area (Å²) in [6.07, 6.45) is 2.69. The lowest BCUT2D eigenvalue weighted by Crippen LogP contribution is -2.52. The maximum absolute atomic E-state index is 12.5. The molecule has 2 saturated heterocycles. The van der Waals surface area contributed by atoms with Gasteiger partial charge in [0.25, 0.3) is 0 Å². The molecule has 0 aromatic heterocycles. The molecule has 2 heterocycles. The molecule has 0 bridgehead atoms. The molecule has 2 aliphatic heterocycles. The Balaban J connectivity index is 1.97. The second-order valence-electron chi connectivity index (χ2n) is 6.21. The van der Waals surface area contributed by atoms with Gasteiger partial charge in [0.2, 0.25) is 0 Å². The molecular weight excluding hydrogens is 258 g/mol. The van der Waals surface area contributed by atoms with Crippen LogP contribution in [0.5, 0.6) is 0 Å². The number of piperidine rings is 1. The van der Waals surface area contributed by atoms with Gasteiger partial charge in [-0.3, -0.25) is 0 Å². The number of likely N-dealkylation sites (tertiary alicyclic amines) is 2. The fourth-order valence-corrected chi connectivity index (χ4v) is 3.29. The molecule has 0 aromatic carbocycles. The summed E-state index contributed by atoms with van der Waals surface area (Å²) in [5, 5.41) is 9.30. The number of hydrogen-bond acceptors (Lipinski definition) is 3. The fraction of sp³-hybridized carbons (Fsp3) is 0.857. The van der Waals surface area contributed by atoms with Gasteiger partial charge in [0.15, 0.2) is 0 Å². The van der Waals surface area contributed by atoms with Crippen LogP contribution in [-0.2, 0) is 4.79 Å². The van der Waals surface area contributed by atoms with Crippen molar-refractivity contribution in [1.29, 1.82) is 0 Å². The minimum atomic E-state index is -0.883. The van der Waals surface area contributed by atoms with Crippen LogP contribution >= 0.6 is 0 Å². The highest BCUT2D eigenvalue weighted by atomic mass is 16.4. The van der Waals surface area contributed by atoms with Crippen molar-refractivity contribution in [3.05, 3.63) is 0 Å². The van der Waals surface area contributed by atoms with Crippen molar-refractivity contribution in [1.82, 2.24) is 14.7 Å². The molecule has 0 aliphatic carbocycles. The lowest BCUT2D eigenvalue weighted by atomic mass is 10.0. The molecule has 20 heavy (non-hydrogen) atoms. The summed E-state index contributed by atoms with van der Waals surface area (Å²) in [4.78, 5) is 29.4. The number of urea groups is 1. The number of nitrogens with zero attached hydrogens (tertiary/aromatic N) is 3. The van der Waals surface area contributed by atoms with Crippen LogP contribution in [0.4, 0.5) is 4.79 Å². The Kier molecular flexibility index (Phi) is 4.52. The summed E-state index contributed by atoms with van der Waals surface area (Å²) in [5.74, 6) is -0.845. The summed E-state index contributed by atoms with van der Waals surface area (Å²) in [6, 6.07) is -0.236. The van der Waals surface area contributed by atoms with Crippen LogP contribution in [-0.4, -0.2) is 77.6 Å². The van der Waals surface area contributed by atoms with Gasteiger partial charge in [-0.05, 0) is 39.3 Å². The van der Waals surface area contributed by atoms with E-state index in [4.69, 9.17) is 0 Å². The normalized spacial score (nSPS) is 28.2. The highest BCUT2D eigenvalue weighted by Gasteiger charge is 2.41. The van der Waals surface area contributed by atoms with Gasteiger partial charge in [0, 0.05) is 25.7 Å². The molecule has 114 valence electrons. The smallest absolute Gasteiger partial charge is 0.326 e. The van der Waals surface area contributed by atoms with Gasteiger partial charge >= 0.3 is 12.0 Å². The molecule has 2 unspecified atom stereocenters. The van der Waals surface area contributed by atoms with Gasteiger partial charge in [0.05, 0.1) is 0 Å². The topological polar surface area (TPSA) is 64.1 Å². The molecule has 2 aliphatic rings. The Morgan fingerprint density at radius 2 is 1.70 bits per heavy atom. The van der Waals surface area contributed by atoms with E-state index in [0.717, 1.165) is 32.4 Å².